The molecule has 0 rings (SSSR count). The number of hydrogen-bond acceptors (Lipinski definition) is 2. The summed E-state index contributed by atoms with van der Waals surface area (Å²) in [4.78, 5) is 20.7. The molecule has 12 heteroatoms. The van der Waals surface area contributed by atoms with Gasteiger partial charge < -0.3 is 10.2 Å². The minimum atomic E-state index is -6.47. The molecule has 0 radical (unpaired) electrons. The van der Waals surface area contributed by atoms with Crippen molar-refractivity contribution in [1.82, 2.24) is 0 Å². The highest BCUT2D eigenvalue weighted by Gasteiger charge is 2.74. The number of rotatable bonds is 8. The van der Waals surface area contributed by atoms with Crippen LogP contribution in [0.25, 0.3) is 0 Å². The van der Waals surface area contributed by atoms with Gasteiger partial charge in [0.15, 0.2) is 0 Å². The van der Waals surface area contributed by atoms with Gasteiger partial charge in [-0.25, -0.2) is 13.6 Å². The van der Waals surface area contributed by atoms with E-state index in [1.165, 1.54) is 0 Å². The maximum Gasteiger partial charge on any atom is 0.378 e. The Labute approximate surface area is 117 Å². The van der Waals surface area contributed by atoms with Gasteiger partial charge >= 0.3 is 36.1 Å². The molecule has 0 heterocycles. The van der Waals surface area contributed by atoms with Crippen molar-refractivity contribution in [1.29, 1.82) is 0 Å². The van der Waals surface area contributed by atoms with Gasteiger partial charge in [0.2, 0.25) is 0 Å². The summed E-state index contributed by atoms with van der Waals surface area (Å²) in [5.41, 5.74) is -1.29. The molecule has 4 nitrogen and oxygen atoms in total. The summed E-state index contributed by atoms with van der Waals surface area (Å²) >= 11 is 0. The van der Waals surface area contributed by atoms with Crippen LogP contribution in [0.1, 0.15) is 12.8 Å². The van der Waals surface area contributed by atoms with Gasteiger partial charge in [0.25, 0.3) is 0 Å². The fraction of sp³-hybridized carbons (Fsp3) is 0.600. The van der Waals surface area contributed by atoms with Crippen molar-refractivity contribution in [3.8, 4) is 0 Å². The molecule has 0 saturated carbocycles. The first kappa shape index (κ1) is 20.1. The third kappa shape index (κ3) is 4.07. The molecule has 0 aromatic carbocycles. The van der Waals surface area contributed by atoms with Crippen LogP contribution >= 0.6 is 0 Å². The van der Waals surface area contributed by atoms with Crippen molar-refractivity contribution in [2.45, 2.75) is 37.0 Å². The number of alkyl halides is 8. The summed E-state index contributed by atoms with van der Waals surface area (Å²) in [6.07, 6.45) is -9.04. The Bertz CT molecular complexity index is 472. The molecule has 0 atom stereocenters. The molecule has 0 aliphatic heterocycles. The van der Waals surface area contributed by atoms with E-state index in [1.807, 2.05) is 0 Å². The topological polar surface area (TPSA) is 74.6 Å². The van der Waals surface area contributed by atoms with Gasteiger partial charge in [0, 0.05) is 12.0 Å². The van der Waals surface area contributed by atoms with Crippen LogP contribution in [-0.2, 0) is 9.59 Å². The van der Waals surface area contributed by atoms with Crippen molar-refractivity contribution in [3.63, 3.8) is 0 Å². The fourth-order valence-corrected chi connectivity index (χ4v) is 1.16. The van der Waals surface area contributed by atoms with Crippen molar-refractivity contribution in [3.05, 3.63) is 11.6 Å². The molecule has 22 heavy (non-hydrogen) atoms. The van der Waals surface area contributed by atoms with Gasteiger partial charge in [0.05, 0.1) is 6.42 Å². The van der Waals surface area contributed by atoms with Crippen molar-refractivity contribution in [2.75, 3.05) is 0 Å². The molecular weight excluding hydrogens is 336 g/mol. The number of halogens is 8. The Hall–Kier alpha value is -1.88. The average Bonchev–Trinajstić information content (AvgIpc) is 2.32. The largest absolute Gasteiger partial charge is 0.481 e. The Kier molecular flexibility index (Phi) is 5.93. The van der Waals surface area contributed by atoms with E-state index in [0.717, 1.165) is 0 Å². The highest BCUT2D eigenvalue weighted by molar-refractivity contribution is 5.92. The smallest absolute Gasteiger partial charge is 0.378 e. The average molecular weight is 344 g/mol. The third-order valence-electron chi connectivity index (χ3n) is 2.37. The van der Waals surface area contributed by atoms with Crippen LogP contribution in [0.15, 0.2) is 11.6 Å². The summed E-state index contributed by atoms with van der Waals surface area (Å²) in [6, 6.07) is 0. The summed E-state index contributed by atoms with van der Waals surface area (Å²) in [5, 5.41) is 16.7. The Morgan fingerprint density at radius 3 is 1.77 bits per heavy atom. The Balaban J connectivity index is 5.48. The van der Waals surface area contributed by atoms with Gasteiger partial charge in [-0.15, -0.1) is 0 Å². The summed E-state index contributed by atoms with van der Waals surface area (Å²) in [5.74, 6) is -22.5. The normalized spacial score (nSPS) is 14.3. The molecule has 2 N–H and O–H groups in total. The number of carbonyl (C=O) groups is 2. The van der Waals surface area contributed by atoms with E-state index in [4.69, 9.17) is 10.2 Å². The molecule has 0 unspecified atom stereocenters. The van der Waals surface area contributed by atoms with E-state index in [2.05, 4.69) is 0 Å². The standard InChI is InChI=1S/C10H8F8O4/c11-7(12)9(15,16)10(17,18)8(13,14)2-1-4(6(21)22)3-5(19)20/h1,7H,2-3H2,(H,19,20)(H,21,22). The zero-order chi connectivity index (χ0) is 17.9. The zero-order valence-electron chi connectivity index (χ0n) is 10.3. The van der Waals surface area contributed by atoms with E-state index >= 15 is 0 Å². The van der Waals surface area contributed by atoms with Gasteiger partial charge in [-0.1, -0.05) is 6.08 Å². The number of carboxylic acids is 2. The minimum Gasteiger partial charge on any atom is -0.481 e. The van der Waals surface area contributed by atoms with Crippen LogP contribution in [0, 0.1) is 0 Å². The number of carboxylic acid groups (broad SMARTS) is 2. The van der Waals surface area contributed by atoms with Crippen molar-refractivity contribution < 1.29 is 54.9 Å². The number of aliphatic carboxylic acids is 2. The molecule has 0 fully saturated rings. The summed E-state index contributed by atoms with van der Waals surface area (Å²) < 4.78 is 100. The van der Waals surface area contributed by atoms with Crippen molar-refractivity contribution in [2.24, 2.45) is 0 Å². The predicted molar refractivity (Wildman–Crippen MR) is 53.4 cm³/mol. The van der Waals surface area contributed by atoms with E-state index in [-0.39, 0.29) is 6.08 Å². The molecule has 0 amide bonds. The highest BCUT2D eigenvalue weighted by Crippen LogP contribution is 2.50. The highest BCUT2D eigenvalue weighted by atomic mass is 19.4. The van der Waals surface area contributed by atoms with E-state index in [9.17, 15) is 44.7 Å². The summed E-state index contributed by atoms with van der Waals surface area (Å²) in [7, 11) is 0. The quantitative estimate of drug-likeness (QED) is 0.524. The monoisotopic (exact) mass is 344 g/mol. The second-order valence-electron chi connectivity index (χ2n) is 4.01. The van der Waals surface area contributed by atoms with E-state index < -0.39 is 54.5 Å². The summed E-state index contributed by atoms with van der Waals surface area (Å²) in [6.45, 7) is 0. The maximum absolute atomic E-state index is 13.1. The van der Waals surface area contributed by atoms with Crippen LogP contribution in [0.2, 0.25) is 0 Å². The molecule has 0 aromatic heterocycles. The van der Waals surface area contributed by atoms with Crippen LogP contribution in [0.3, 0.4) is 0 Å². The minimum absolute atomic E-state index is 0.230. The lowest BCUT2D eigenvalue weighted by Gasteiger charge is -2.31. The molecular formula is C10H8F8O4. The van der Waals surface area contributed by atoms with Gasteiger partial charge in [0.1, 0.15) is 0 Å². The lowest BCUT2D eigenvalue weighted by atomic mass is 10.00. The first-order valence-corrected chi connectivity index (χ1v) is 5.22. The predicted octanol–water partition coefficient (Wildman–Crippen LogP) is 3.03. The van der Waals surface area contributed by atoms with E-state index in [1.54, 1.807) is 0 Å². The zero-order valence-corrected chi connectivity index (χ0v) is 10.3. The first-order chi connectivity index (χ1) is 9.66. The second-order valence-corrected chi connectivity index (χ2v) is 4.01. The van der Waals surface area contributed by atoms with Crippen LogP contribution in [-0.4, -0.2) is 46.3 Å². The Morgan fingerprint density at radius 1 is 1.00 bits per heavy atom. The molecule has 0 aliphatic carbocycles. The van der Waals surface area contributed by atoms with Crippen LogP contribution < -0.4 is 0 Å². The van der Waals surface area contributed by atoms with Crippen LogP contribution in [0.5, 0.6) is 0 Å². The number of allylic oxidation sites excluding steroid dienone is 1. The maximum atomic E-state index is 13.1. The lowest BCUT2D eigenvalue weighted by molar-refractivity contribution is -0.337. The van der Waals surface area contributed by atoms with Gasteiger partial charge in [-0.2, -0.15) is 26.3 Å². The molecule has 0 aromatic rings. The Morgan fingerprint density at radius 2 is 1.45 bits per heavy atom. The molecule has 0 spiro atoms. The first-order valence-electron chi connectivity index (χ1n) is 5.22. The lowest BCUT2D eigenvalue weighted by Crippen LogP contribution is -2.57. The van der Waals surface area contributed by atoms with Gasteiger partial charge in [-0.3, -0.25) is 4.79 Å². The van der Waals surface area contributed by atoms with E-state index in [0.29, 0.717) is 0 Å². The SMILES string of the molecule is O=C(O)CC(=CCC(F)(F)C(F)(F)C(F)(F)C(F)F)C(=O)O. The fourth-order valence-electron chi connectivity index (χ4n) is 1.16. The van der Waals surface area contributed by atoms with Crippen molar-refractivity contribution >= 4 is 11.9 Å². The molecule has 0 aliphatic rings. The third-order valence-corrected chi connectivity index (χ3v) is 2.37. The second kappa shape index (κ2) is 6.48. The molecule has 128 valence electrons. The molecule has 0 saturated heterocycles. The molecule has 0 bridgehead atoms. The van der Waals surface area contributed by atoms with Crippen LogP contribution in [0.4, 0.5) is 35.1 Å². The number of hydrogen-bond donors (Lipinski definition) is 2. The van der Waals surface area contributed by atoms with Gasteiger partial charge in [-0.05, 0) is 0 Å².